The summed E-state index contributed by atoms with van der Waals surface area (Å²) in [6, 6.07) is 0. The van der Waals surface area contributed by atoms with Crippen LogP contribution in [0.5, 0.6) is 0 Å². The highest BCUT2D eigenvalue weighted by Gasteiger charge is 2.22. The molecule has 0 saturated heterocycles. The molecule has 3 aromatic rings. The van der Waals surface area contributed by atoms with Crippen molar-refractivity contribution in [3.8, 4) is 22.8 Å². The summed E-state index contributed by atoms with van der Waals surface area (Å²) < 4.78 is 5.61. The van der Waals surface area contributed by atoms with Gasteiger partial charge in [-0.3, -0.25) is 4.98 Å². The second-order valence-corrected chi connectivity index (χ2v) is 7.19. The molecule has 0 bridgehead atoms. The van der Waals surface area contributed by atoms with E-state index in [1.54, 1.807) is 11.3 Å². The Labute approximate surface area is 157 Å². The van der Waals surface area contributed by atoms with Crippen molar-refractivity contribution in [3.05, 3.63) is 38.8 Å². The Hall–Kier alpha value is -1.76. The number of hydrogen-bond donors (Lipinski definition) is 1. The minimum absolute atomic E-state index is 0. The summed E-state index contributed by atoms with van der Waals surface area (Å²) in [7, 11) is 0. The fourth-order valence-electron chi connectivity index (χ4n) is 3.40. The van der Waals surface area contributed by atoms with Gasteiger partial charge in [-0.15, -0.1) is 23.7 Å². The van der Waals surface area contributed by atoms with Gasteiger partial charge in [-0.2, -0.15) is 4.98 Å². The van der Waals surface area contributed by atoms with Crippen molar-refractivity contribution in [2.45, 2.75) is 40.2 Å². The number of halogens is 1. The van der Waals surface area contributed by atoms with Crippen molar-refractivity contribution >= 4 is 23.7 Å². The maximum atomic E-state index is 5.61. The lowest BCUT2D eigenvalue weighted by molar-refractivity contribution is 0.432. The second-order valence-electron chi connectivity index (χ2n) is 6.11. The van der Waals surface area contributed by atoms with E-state index in [1.807, 2.05) is 13.1 Å². The molecule has 1 aliphatic rings. The first-order valence-electron chi connectivity index (χ1n) is 8.28. The number of aryl methyl sites for hydroxylation is 2. The van der Waals surface area contributed by atoms with Gasteiger partial charge in [0.1, 0.15) is 0 Å². The summed E-state index contributed by atoms with van der Waals surface area (Å²) >= 11 is 1.73. The molecule has 4 heterocycles. The summed E-state index contributed by atoms with van der Waals surface area (Å²) in [6.07, 6.45) is 3.89. The zero-order valence-electron chi connectivity index (χ0n) is 14.5. The molecular weight excluding hydrogens is 356 g/mol. The van der Waals surface area contributed by atoms with E-state index in [9.17, 15) is 0 Å². The lowest BCUT2D eigenvalue weighted by atomic mass is 9.95. The van der Waals surface area contributed by atoms with Crippen LogP contribution in [0.1, 0.15) is 34.2 Å². The average Bonchev–Trinajstić information content (AvgIpc) is 3.21. The number of thiophene rings is 1. The Kier molecular flexibility index (Phi) is 5.22. The smallest absolute Gasteiger partial charge is 0.259 e. The second kappa shape index (κ2) is 7.23. The molecule has 1 aliphatic heterocycles. The minimum atomic E-state index is 0. The molecule has 132 valence electrons. The van der Waals surface area contributed by atoms with Crippen LogP contribution in [0.15, 0.2) is 16.1 Å². The number of nitrogens with one attached hydrogen (secondary N) is 1. The van der Waals surface area contributed by atoms with Crippen LogP contribution in [0.4, 0.5) is 0 Å². The van der Waals surface area contributed by atoms with E-state index in [2.05, 4.69) is 34.7 Å². The van der Waals surface area contributed by atoms with Gasteiger partial charge in [0.15, 0.2) is 0 Å². The zero-order valence-corrected chi connectivity index (χ0v) is 16.2. The molecule has 0 radical (unpaired) electrons. The van der Waals surface area contributed by atoms with Gasteiger partial charge in [0.05, 0.1) is 5.56 Å². The first kappa shape index (κ1) is 18.0. The van der Waals surface area contributed by atoms with Gasteiger partial charge < -0.3 is 9.84 Å². The van der Waals surface area contributed by atoms with Crippen LogP contribution in [0.25, 0.3) is 22.8 Å². The van der Waals surface area contributed by atoms with E-state index >= 15 is 0 Å². The van der Waals surface area contributed by atoms with E-state index < -0.39 is 0 Å². The Balaban J connectivity index is 0.00000182. The maximum absolute atomic E-state index is 5.61. The summed E-state index contributed by atoms with van der Waals surface area (Å²) in [6.45, 7) is 8.13. The quantitative estimate of drug-likeness (QED) is 0.745. The van der Waals surface area contributed by atoms with Gasteiger partial charge in [-0.1, -0.05) is 12.1 Å². The van der Waals surface area contributed by atoms with E-state index in [4.69, 9.17) is 9.51 Å². The molecule has 7 heteroatoms. The Bertz CT molecular complexity index is 903. The lowest BCUT2D eigenvalue weighted by Gasteiger charge is -2.19. The van der Waals surface area contributed by atoms with Crippen LogP contribution in [-0.4, -0.2) is 21.7 Å². The predicted octanol–water partition coefficient (Wildman–Crippen LogP) is 4.11. The molecule has 3 aromatic heterocycles. The number of hydrogen-bond acceptors (Lipinski definition) is 6. The SMILES string of the molecule is CCc1c(-c2nc(-c3c(C)ncc4c3CCNC4)no2)csc1C.Cl. The summed E-state index contributed by atoms with van der Waals surface area (Å²) in [5, 5.41) is 9.77. The molecule has 0 spiro atoms. The summed E-state index contributed by atoms with van der Waals surface area (Å²) in [5.74, 6) is 1.26. The van der Waals surface area contributed by atoms with Crippen LogP contribution in [-0.2, 0) is 19.4 Å². The van der Waals surface area contributed by atoms with Gasteiger partial charge in [0.25, 0.3) is 5.89 Å². The number of fused-ring (bicyclic) bond motifs is 1. The van der Waals surface area contributed by atoms with Crippen molar-refractivity contribution in [1.29, 1.82) is 0 Å². The zero-order chi connectivity index (χ0) is 16.7. The minimum Gasteiger partial charge on any atom is -0.334 e. The van der Waals surface area contributed by atoms with Gasteiger partial charge in [0, 0.05) is 34.3 Å². The van der Waals surface area contributed by atoms with Crippen molar-refractivity contribution in [2.75, 3.05) is 6.54 Å². The lowest BCUT2D eigenvalue weighted by Crippen LogP contribution is -2.24. The first-order valence-corrected chi connectivity index (χ1v) is 9.16. The molecule has 0 atom stereocenters. The maximum Gasteiger partial charge on any atom is 0.259 e. The molecule has 0 amide bonds. The fourth-order valence-corrected chi connectivity index (χ4v) is 4.33. The van der Waals surface area contributed by atoms with Gasteiger partial charge in [-0.25, -0.2) is 0 Å². The fraction of sp³-hybridized carbons (Fsp3) is 0.389. The Morgan fingerprint density at radius 3 is 2.96 bits per heavy atom. The first-order chi connectivity index (χ1) is 11.7. The third-order valence-electron chi connectivity index (χ3n) is 4.67. The highest BCUT2D eigenvalue weighted by molar-refractivity contribution is 7.10. The molecule has 0 unspecified atom stereocenters. The summed E-state index contributed by atoms with van der Waals surface area (Å²) in [4.78, 5) is 10.6. The van der Waals surface area contributed by atoms with Crippen LogP contribution >= 0.6 is 23.7 Å². The van der Waals surface area contributed by atoms with Crippen molar-refractivity contribution < 1.29 is 4.52 Å². The van der Waals surface area contributed by atoms with Crippen molar-refractivity contribution in [3.63, 3.8) is 0 Å². The highest BCUT2D eigenvalue weighted by Crippen LogP contribution is 2.34. The van der Waals surface area contributed by atoms with Gasteiger partial charge in [-0.05, 0) is 49.9 Å². The monoisotopic (exact) mass is 376 g/mol. The molecule has 5 nitrogen and oxygen atoms in total. The van der Waals surface area contributed by atoms with Crippen LogP contribution < -0.4 is 5.32 Å². The number of rotatable bonds is 3. The average molecular weight is 377 g/mol. The largest absolute Gasteiger partial charge is 0.334 e. The molecule has 25 heavy (non-hydrogen) atoms. The highest BCUT2D eigenvalue weighted by atomic mass is 35.5. The van der Waals surface area contributed by atoms with Crippen LogP contribution in [0.2, 0.25) is 0 Å². The third-order valence-corrected chi connectivity index (χ3v) is 5.62. The predicted molar refractivity (Wildman–Crippen MR) is 102 cm³/mol. The number of pyridine rings is 1. The third kappa shape index (κ3) is 3.10. The van der Waals surface area contributed by atoms with E-state index in [0.29, 0.717) is 11.7 Å². The number of nitrogens with zero attached hydrogens (tertiary/aromatic N) is 3. The number of aromatic nitrogens is 3. The molecule has 0 aliphatic carbocycles. The Morgan fingerprint density at radius 1 is 1.32 bits per heavy atom. The van der Waals surface area contributed by atoms with Crippen molar-refractivity contribution in [1.82, 2.24) is 20.4 Å². The van der Waals surface area contributed by atoms with Crippen LogP contribution in [0, 0.1) is 13.8 Å². The summed E-state index contributed by atoms with van der Waals surface area (Å²) in [5.41, 5.74) is 6.88. The normalized spacial score (nSPS) is 13.4. The van der Waals surface area contributed by atoms with E-state index in [0.717, 1.165) is 42.8 Å². The molecule has 0 aromatic carbocycles. The molecular formula is C18H21ClN4OS. The molecule has 4 rings (SSSR count). The topological polar surface area (TPSA) is 63.8 Å². The van der Waals surface area contributed by atoms with E-state index in [1.165, 1.54) is 21.6 Å². The standard InChI is InChI=1S/C18H20N4OS.ClH/c1-4-13-11(3)24-9-15(13)18-21-17(22-23-18)16-10(2)20-8-12-7-19-6-5-14(12)16;/h8-9,19H,4-7H2,1-3H3;1H. The van der Waals surface area contributed by atoms with Crippen LogP contribution in [0.3, 0.4) is 0 Å². The molecule has 1 N–H and O–H groups in total. The molecule has 0 fully saturated rings. The van der Waals surface area contributed by atoms with Crippen molar-refractivity contribution in [2.24, 2.45) is 0 Å². The van der Waals surface area contributed by atoms with E-state index in [-0.39, 0.29) is 12.4 Å². The van der Waals surface area contributed by atoms with Gasteiger partial charge in [0.2, 0.25) is 5.82 Å². The van der Waals surface area contributed by atoms with Gasteiger partial charge >= 0.3 is 0 Å². The molecule has 0 saturated carbocycles. The Morgan fingerprint density at radius 2 is 2.16 bits per heavy atom.